The van der Waals surface area contributed by atoms with Crippen molar-refractivity contribution in [1.29, 1.82) is 0 Å². The second kappa shape index (κ2) is 6.54. The van der Waals surface area contributed by atoms with Crippen molar-refractivity contribution in [3.05, 3.63) is 0 Å². The second-order valence-electron chi connectivity index (χ2n) is 3.24. The smallest absolute Gasteiger partial charge is 0.310 e. The minimum Gasteiger partial charge on any atom is -0.310 e. The Balaban J connectivity index is 4.74. The predicted molar refractivity (Wildman–Crippen MR) is 58.1 cm³/mol. The summed E-state index contributed by atoms with van der Waals surface area (Å²) in [5, 5.41) is 0. The van der Waals surface area contributed by atoms with E-state index in [4.69, 9.17) is 5.73 Å². The number of carbonyl (C=O) groups excluding carboxylic acids is 2. The molecule has 19 heavy (non-hydrogen) atoms. The lowest BCUT2D eigenvalue weighted by molar-refractivity contribution is -0.222. The molecule has 0 amide bonds. The van der Waals surface area contributed by atoms with Gasteiger partial charge in [-0.3, -0.25) is 4.89 Å². The molecule has 12 heteroatoms. The molecule has 2 N–H and O–H groups in total. The number of alkyl halides is 3. The summed E-state index contributed by atoms with van der Waals surface area (Å²) in [7, 11) is -6.10. The number of aldehydes is 1. The molecule has 0 aliphatic carbocycles. The van der Waals surface area contributed by atoms with Crippen LogP contribution in [-0.2, 0) is 28.9 Å². The van der Waals surface area contributed by atoms with Crippen LogP contribution in [0.3, 0.4) is 0 Å². The van der Waals surface area contributed by atoms with E-state index in [1.165, 1.54) is 11.8 Å². The van der Waals surface area contributed by atoms with Crippen LogP contribution in [0.2, 0.25) is 0 Å². The van der Waals surface area contributed by atoms with Crippen molar-refractivity contribution in [1.82, 2.24) is 0 Å². The third-order valence-corrected chi connectivity index (χ3v) is 3.22. The van der Waals surface area contributed by atoms with E-state index in [0.29, 0.717) is 0 Å². The van der Waals surface area contributed by atoms with Gasteiger partial charge in [0.1, 0.15) is 0 Å². The number of nitrogens with two attached hydrogens (primary N) is 1. The van der Waals surface area contributed by atoms with Crippen molar-refractivity contribution in [2.75, 3.05) is 12.0 Å². The molecule has 0 aromatic carbocycles. The van der Waals surface area contributed by atoms with Crippen LogP contribution in [0.5, 0.6) is 0 Å². The van der Waals surface area contributed by atoms with E-state index in [1.807, 2.05) is 0 Å². The van der Waals surface area contributed by atoms with Gasteiger partial charge in [-0.15, -0.1) is 0 Å². The van der Waals surface area contributed by atoms with Gasteiger partial charge < -0.3 is 10.5 Å². The fourth-order valence-electron chi connectivity index (χ4n) is 0.672. The molecule has 0 aliphatic heterocycles. The zero-order valence-electron chi connectivity index (χ0n) is 9.47. The molecule has 0 radical (unpaired) electrons. The largest absolute Gasteiger partial charge is 0.526 e. The topological polar surface area (TPSA) is 113 Å². The van der Waals surface area contributed by atoms with Gasteiger partial charge in [0, 0.05) is 0 Å². The maximum atomic E-state index is 11.9. The van der Waals surface area contributed by atoms with Crippen molar-refractivity contribution in [3.8, 4) is 0 Å². The number of halogens is 3. The van der Waals surface area contributed by atoms with Gasteiger partial charge in [-0.2, -0.15) is 33.4 Å². The van der Waals surface area contributed by atoms with Crippen LogP contribution in [-0.4, -0.2) is 43.7 Å². The molecule has 1 atom stereocenters. The van der Waals surface area contributed by atoms with E-state index in [9.17, 15) is 31.2 Å². The molecule has 0 aromatic heterocycles. The molecule has 0 heterocycles. The fraction of sp³-hybridized carbons (Fsp3) is 0.714. The van der Waals surface area contributed by atoms with Crippen LogP contribution in [0.15, 0.2) is 0 Å². The summed E-state index contributed by atoms with van der Waals surface area (Å²) in [5.74, 6) is -1.51. The molecule has 7 nitrogen and oxygen atoms in total. The lowest BCUT2D eigenvalue weighted by Gasteiger charge is -2.18. The van der Waals surface area contributed by atoms with Gasteiger partial charge in [0.05, 0.1) is 0 Å². The van der Waals surface area contributed by atoms with Crippen molar-refractivity contribution in [3.63, 3.8) is 0 Å². The third kappa shape index (κ3) is 4.97. The monoisotopic (exact) mass is 325 g/mol. The molecule has 1 unspecified atom stereocenters. The van der Waals surface area contributed by atoms with Crippen molar-refractivity contribution < 1.29 is 40.4 Å². The highest BCUT2D eigenvalue weighted by atomic mass is 32.2. The summed E-state index contributed by atoms with van der Waals surface area (Å²) < 4.78 is 59.5. The number of hydrogen-bond acceptors (Lipinski definition) is 8. The average molecular weight is 325 g/mol. The summed E-state index contributed by atoms with van der Waals surface area (Å²) in [5.41, 5.74) is -2.78. The van der Waals surface area contributed by atoms with Crippen LogP contribution in [0, 0.1) is 0 Å². The Bertz CT molecular complexity index is 437. The Labute approximate surface area is 110 Å². The lowest BCUT2D eigenvalue weighted by Crippen LogP contribution is -2.51. The van der Waals surface area contributed by atoms with E-state index < -0.39 is 27.1 Å². The van der Waals surface area contributed by atoms with E-state index in [0.717, 1.165) is 0 Å². The Morgan fingerprint density at radius 3 is 2.32 bits per heavy atom. The molecule has 0 aliphatic rings. The predicted octanol–water partition coefficient (Wildman–Crippen LogP) is -0.0397. The molecule has 0 saturated heterocycles. The normalized spacial score (nSPS) is 15.6. The summed E-state index contributed by atoms with van der Waals surface area (Å²) >= 11 is 1.20. The number of thioether (sulfide) groups is 1. The molecule has 0 bridgehead atoms. The van der Waals surface area contributed by atoms with E-state index in [-0.39, 0.29) is 18.5 Å². The molecule has 0 rings (SSSR count). The zero-order chi connectivity index (χ0) is 15.3. The van der Waals surface area contributed by atoms with Crippen LogP contribution in [0.4, 0.5) is 13.2 Å². The van der Waals surface area contributed by atoms with Gasteiger partial charge in [-0.25, -0.2) is 4.79 Å². The summed E-state index contributed by atoms with van der Waals surface area (Å²) in [6, 6.07) is 0. The summed E-state index contributed by atoms with van der Waals surface area (Å²) in [6.07, 6.45) is 1.31. The van der Waals surface area contributed by atoms with Crippen LogP contribution in [0.1, 0.15) is 6.42 Å². The van der Waals surface area contributed by atoms with Crippen molar-refractivity contribution in [2.24, 2.45) is 5.73 Å². The molecule has 112 valence electrons. The highest BCUT2D eigenvalue weighted by molar-refractivity contribution is 7.98. The Morgan fingerprint density at radius 1 is 1.42 bits per heavy atom. The molecular formula is C7H10F3NO6S2. The van der Waals surface area contributed by atoms with Gasteiger partial charge in [-0.1, -0.05) is 0 Å². The number of rotatable bonds is 7. The third-order valence-electron chi connectivity index (χ3n) is 1.79. The summed E-state index contributed by atoms with van der Waals surface area (Å²) in [6.45, 7) is 0. The average Bonchev–Trinajstić information content (AvgIpc) is 2.31. The highest BCUT2D eigenvalue weighted by Crippen LogP contribution is 2.25. The Morgan fingerprint density at radius 2 is 1.95 bits per heavy atom. The van der Waals surface area contributed by atoms with E-state index in [1.54, 1.807) is 6.26 Å². The van der Waals surface area contributed by atoms with Crippen LogP contribution < -0.4 is 5.73 Å². The lowest BCUT2D eigenvalue weighted by atomic mass is 10.0. The van der Waals surface area contributed by atoms with Crippen molar-refractivity contribution in [2.45, 2.75) is 17.5 Å². The van der Waals surface area contributed by atoms with Gasteiger partial charge in [0.15, 0.2) is 11.8 Å². The van der Waals surface area contributed by atoms with E-state index in [2.05, 4.69) is 9.22 Å². The maximum Gasteiger partial charge on any atom is 0.526 e. The maximum absolute atomic E-state index is 11.9. The molecule has 0 aromatic rings. The minimum atomic E-state index is -6.10. The second-order valence-corrected chi connectivity index (χ2v) is 5.73. The fourth-order valence-corrected chi connectivity index (χ4v) is 1.44. The molecule has 0 fully saturated rings. The van der Waals surface area contributed by atoms with Crippen LogP contribution in [0.25, 0.3) is 0 Å². The minimum absolute atomic E-state index is 0.0604. The Hall–Kier alpha value is -0.850. The molecule has 0 spiro atoms. The van der Waals surface area contributed by atoms with Crippen molar-refractivity contribution >= 4 is 34.1 Å². The first-order valence-electron chi connectivity index (χ1n) is 4.46. The SMILES string of the molecule is CSCCC(N)(C=O)C(=O)OOS(=O)(=O)C(F)(F)F. The van der Waals surface area contributed by atoms with Gasteiger partial charge in [-0.05, 0) is 22.8 Å². The van der Waals surface area contributed by atoms with Gasteiger partial charge in [0.25, 0.3) is 0 Å². The quantitative estimate of drug-likeness (QED) is 0.228. The first-order valence-corrected chi connectivity index (χ1v) is 7.26. The first-order chi connectivity index (χ1) is 8.50. The zero-order valence-corrected chi connectivity index (χ0v) is 11.1. The van der Waals surface area contributed by atoms with Crippen LogP contribution >= 0.6 is 11.8 Å². The van der Waals surface area contributed by atoms with Gasteiger partial charge in [0.2, 0.25) is 0 Å². The Kier molecular flexibility index (Phi) is 6.25. The highest BCUT2D eigenvalue weighted by Gasteiger charge is 2.50. The number of carbonyl (C=O) groups is 2. The number of hydrogen-bond donors (Lipinski definition) is 1. The molecule has 0 saturated carbocycles. The standard InChI is InChI=1S/C7H10F3NO6S2/c1-18-3-2-6(11,4-12)5(13)16-17-19(14,15)7(8,9)10/h4H,2-3,11H2,1H3. The van der Waals surface area contributed by atoms with Gasteiger partial charge >= 0.3 is 21.6 Å². The van der Waals surface area contributed by atoms with E-state index >= 15 is 0 Å². The first kappa shape index (κ1) is 18.1. The summed E-state index contributed by atoms with van der Waals surface area (Å²) in [4.78, 5) is 25.3. The molecular weight excluding hydrogens is 315 g/mol.